The molecule has 0 saturated carbocycles. The summed E-state index contributed by atoms with van der Waals surface area (Å²) in [5.41, 5.74) is 1.59. The van der Waals surface area contributed by atoms with Gasteiger partial charge in [-0.25, -0.2) is 0 Å². The van der Waals surface area contributed by atoms with Gasteiger partial charge in [0.1, 0.15) is 5.52 Å². The van der Waals surface area contributed by atoms with Gasteiger partial charge in [-0.05, 0) is 44.2 Å². The highest BCUT2D eigenvalue weighted by Gasteiger charge is 2.10. The summed E-state index contributed by atoms with van der Waals surface area (Å²) in [6.45, 7) is 2.27. The van der Waals surface area contributed by atoms with Gasteiger partial charge in [0.25, 0.3) is 0 Å². The Balaban J connectivity index is 1.40. The summed E-state index contributed by atoms with van der Waals surface area (Å²) in [6, 6.07) is 7.62. The van der Waals surface area contributed by atoms with Crippen LogP contribution in [0.1, 0.15) is 108 Å². The molecule has 1 aromatic heterocycles. The number of hydrogen-bond acceptors (Lipinski definition) is 3. The predicted molar refractivity (Wildman–Crippen MR) is 122 cm³/mol. The Morgan fingerprint density at radius 1 is 0.828 bits per heavy atom. The second kappa shape index (κ2) is 14.9. The Morgan fingerprint density at radius 2 is 1.41 bits per heavy atom. The highest BCUT2D eigenvalue weighted by Crippen LogP contribution is 2.13. The molecular weight excluding hydrogens is 358 g/mol. The lowest BCUT2D eigenvalue weighted by Crippen LogP contribution is -2.12. The number of allylic oxidation sites excluding steroid dienone is 2. The molecule has 4 nitrogen and oxygen atoms in total. The second-order valence-corrected chi connectivity index (χ2v) is 8.07. The van der Waals surface area contributed by atoms with Gasteiger partial charge in [0.15, 0.2) is 0 Å². The van der Waals surface area contributed by atoms with Crippen LogP contribution in [0.2, 0.25) is 0 Å². The summed E-state index contributed by atoms with van der Waals surface area (Å²) in [7, 11) is 0. The summed E-state index contributed by atoms with van der Waals surface area (Å²) in [5, 5.41) is 8.05. The number of carbonyl (C=O) groups excluding carboxylic acids is 1. The van der Waals surface area contributed by atoms with Gasteiger partial charge >= 0.3 is 0 Å². The monoisotopic (exact) mass is 397 g/mol. The van der Waals surface area contributed by atoms with Crippen molar-refractivity contribution in [2.75, 3.05) is 0 Å². The molecule has 0 saturated heterocycles. The van der Waals surface area contributed by atoms with E-state index in [1.54, 1.807) is 0 Å². The van der Waals surface area contributed by atoms with Crippen LogP contribution in [-0.4, -0.2) is 20.9 Å². The SMILES string of the molecule is CCCCCCC/C=C/CCCCCCCCCC(=O)n1nnc2ccccc21. The van der Waals surface area contributed by atoms with E-state index < -0.39 is 0 Å². The number of benzene rings is 1. The van der Waals surface area contributed by atoms with Crippen LogP contribution in [0.15, 0.2) is 36.4 Å². The third-order valence-corrected chi connectivity index (χ3v) is 5.49. The summed E-state index contributed by atoms with van der Waals surface area (Å²) < 4.78 is 1.45. The maximum absolute atomic E-state index is 12.3. The van der Waals surface area contributed by atoms with E-state index in [2.05, 4.69) is 29.4 Å². The fourth-order valence-corrected chi connectivity index (χ4v) is 3.68. The maximum Gasteiger partial charge on any atom is 0.248 e. The molecular formula is C25H39N3O. The molecule has 2 rings (SSSR count). The number of hydrogen-bond donors (Lipinski definition) is 0. The number of unbranched alkanes of at least 4 members (excludes halogenated alkanes) is 12. The van der Waals surface area contributed by atoms with Crippen molar-refractivity contribution in [1.29, 1.82) is 0 Å². The molecule has 0 fully saturated rings. The van der Waals surface area contributed by atoms with E-state index in [1.807, 2.05) is 24.3 Å². The van der Waals surface area contributed by atoms with Crippen molar-refractivity contribution in [2.24, 2.45) is 0 Å². The van der Waals surface area contributed by atoms with Gasteiger partial charge in [0.2, 0.25) is 5.91 Å². The highest BCUT2D eigenvalue weighted by molar-refractivity contribution is 5.88. The normalized spacial score (nSPS) is 11.6. The van der Waals surface area contributed by atoms with E-state index in [-0.39, 0.29) is 5.91 Å². The van der Waals surface area contributed by atoms with Crippen LogP contribution in [0, 0.1) is 0 Å². The van der Waals surface area contributed by atoms with E-state index in [0.29, 0.717) is 6.42 Å². The Hall–Kier alpha value is -1.97. The first kappa shape index (κ1) is 23.3. The topological polar surface area (TPSA) is 47.8 Å². The Kier molecular flexibility index (Phi) is 12.0. The molecule has 0 aliphatic rings. The number of rotatable bonds is 16. The van der Waals surface area contributed by atoms with Crippen molar-refractivity contribution < 1.29 is 4.79 Å². The molecule has 0 amide bonds. The van der Waals surface area contributed by atoms with Crippen LogP contribution in [0.4, 0.5) is 0 Å². The minimum atomic E-state index is 0.0517. The molecule has 2 aromatic rings. The third kappa shape index (κ3) is 9.38. The molecule has 0 atom stereocenters. The molecule has 0 bridgehead atoms. The summed E-state index contributed by atoms with van der Waals surface area (Å²) in [6.07, 6.45) is 23.2. The molecule has 0 aliphatic heterocycles. The van der Waals surface area contributed by atoms with Gasteiger partial charge in [-0.15, -0.1) is 5.10 Å². The van der Waals surface area contributed by atoms with Gasteiger partial charge in [-0.3, -0.25) is 4.79 Å². The van der Waals surface area contributed by atoms with Gasteiger partial charge in [-0.1, -0.05) is 94.2 Å². The Bertz CT molecular complexity index is 720. The van der Waals surface area contributed by atoms with Crippen LogP contribution >= 0.6 is 0 Å². The zero-order valence-corrected chi connectivity index (χ0v) is 18.3. The Morgan fingerprint density at radius 3 is 2.10 bits per heavy atom. The van der Waals surface area contributed by atoms with E-state index in [4.69, 9.17) is 0 Å². The van der Waals surface area contributed by atoms with Crippen LogP contribution in [0.3, 0.4) is 0 Å². The molecule has 0 aliphatic carbocycles. The van der Waals surface area contributed by atoms with Gasteiger partial charge in [-0.2, -0.15) is 4.68 Å². The van der Waals surface area contributed by atoms with Crippen molar-refractivity contribution in [3.8, 4) is 0 Å². The first-order valence-electron chi connectivity index (χ1n) is 11.8. The average Bonchev–Trinajstić information content (AvgIpc) is 3.17. The van der Waals surface area contributed by atoms with E-state index in [0.717, 1.165) is 23.9 Å². The first-order valence-corrected chi connectivity index (χ1v) is 11.8. The number of para-hydroxylation sites is 1. The molecule has 4 heteroatoms. The van der Waals surface area contributed by atoms with Crippen molar-refractivity contribution in [2.45, 2.75) is 103 Å². The van der Waals surface area contributed by atoms with Crippen molar-refractivity contribution >= 4 is 16.9 Å². The molecule has 1 aromatic carbocycles. The maximum atomic E-state index is 12.3. The number of carbonyl (C=O) groups is 1. The average molecular weight is 398 g/mol. The Labute approximate surface area is 176 Å². The van der Waals surface area contributed by atoms with Crippen LogP contribution in [-0.2, 0) is 0 Å². The smallest absolute Gasteiger partial charge is 0.248 e. The van der Waals surface area contributed by atoms with Crippen molar-refractivity contribution in [1.82, 2.24) is 15.0 Å². The number of nitrogens with zero attached hydrogens (tertiary/aromatic N) is 3. The molecule has 0 spiro atoms. The molecule has 1 heterocycles. The molecule has 0 radical (unpaired) electrons. The molecule has 0 N–H and O–H groups in total. The lowest BCUT2D eigenvalue weighted by atomic mass is 10.1. The van der Waals surface area contributed by atoms with Gasteiger partial charge < -0.3 is 0 Å². The lowest BCUT2D eigenvalue weighted by molar-refractivity contribution is 0.0886. The molecule has 29 heavy (non-hydrogen) atoms. The predicted octanol–water partition coefficient (Wildman–Crippen LogP) is 7.50. The van der Waals surface area contributed by atoms with E-state index in [1.165, 1.54) is 81.7 Å². The summed E-state index contributed by atoms with van der Waals surface area (Å²) in [5.74, 6) is 0.0517. The minimum Gasteiger partial charge on any atom is -0.273 e. The largest absolute Gasteiger partial charge is 0.273 e. The zero-order valence-electron chi connectivity index (χ0n) is 18.3. The molecule has 0 unspecified atom stereocenters. The standard InChI is InChI=1S/C25H39N3O/c1-2-3-4-5-6-7-8-9-10-11-12-13-14-15-16-17-22-25(29)28-24-21-19-18-20-23(24)26-27-28/h8-9,18-21H,2-7,10-17,22H2,1H3/b9-8+. The first-order chi connectivity index (χ1) is 14.3. The van der Waals surface area contributed by atoms with Gasteiger partial charge in [0.05, 0.1) is 5.52 Å². The van der Waals surface area contributed by atoms with Gasteiger partial charge in [0, 0.05) is 6.42 Å². The number of fused-ring (bicyclic) bond motifs is 1. The number of aromatic nitrogens is 3. The summed E-state index contributed by atoms with van der Waals surface area (Å²) in [4.78, 5) is 12.3. The van der Waals surface area contributed by atoms with E-state index >= 15 is 0 Å². The van der Waals surface area contributed by atoms with Crippen LogP contribution in [0.25, 0.3) is 11.0 Å². The zero-order chi connectivity index (χ0) is 20.6. The van der Waals surface area contributed by atoms with Crippen molar-refractivity contribution in [3.63, 3.8) is 0 Å². The quantitative estimate of drug-likeness (QED) is 0.218. The van der Waals surface area contributed by atoms with Crippen LogP contribution < -0.4 is 0 Å². The van der Waals surface area contributed by atoms with Crippen LogP contribution in [0.5, 0.6) is 0 Å². The molecule has 160 valence electrons. The minimum absolute atomic E-state index is 0.0517. The lowest BCUT2D eigenvalue weighted by Gasteiger charge is -2.02. The summed E-state index contributed by atoms with van der Waals surface area (Å²) >= 11 is 0. The fraction of sp³-hybridized carbons (Fsp3) is 0.640. The highest BCUT2D eigenvalue weighted by atomic mass is 16.2. The van der Waals surface area contributed by atoms with Crippen molar-refractivity contribution in [3.05, 3.63) is 36.4 Å². The third-order valence-electron chi connectivity index (χ3n) is 5.49. The second-order valence-electron chi connectivity index (χ2n) is 8.07. The fourth-order valence-electron chi connectivity index (χ4n) is 3.68. The van der Waals surface area contributed by atoms with E-state index in [9.17, 15) is 4.79 Å².